The van der Waals surface area contributed by atoms with Crippen molar-refractivity contribution in [2.24, 2.45) is 0 Å². The number of aldehydes is 1. The average molecular weight is 343 g/mol. The Hall–Kier alpha value is -3.24. The van der Waals surface area contributed by atoms with Gasteiger partial charge in [0.15, 0.2) is 5.72 Å². The third-order valence-electron chi connectivity index (χ3n) is 4.83. The van der Waals surface area contributed by atoms with E-state index in [0.717, 1.165) is 0 Å². The molecule has 26 heavy (non-hydrogen) atoms. The fraction of sp³-hybridized carbons (Fsp3) is 0.0909. The molecule has 0 saturated heterocycles. The maximum Gasteiger partial charge on any atom is 0.257 e. The molecule has 2 atom stereocenters. The van der Waals surface area contributed by atoms with Crippen LogP contribution in [-0.2, 0) is 10.5 Å². The van der Waals surface area contributed by atoms with Gasteiger partial charge in [0.2, 0.25) is 0 Å². The summed E-state index contributed by atoms with van der Waals surface area (Å²) in [7, 11) is 0. The number of aliphatic hydroxyl groups is 1. The summed E-state index contributed by atoms with van der Waals surface area (Å²) in [5.74, 6) is -0.398. The smallest absolute Gasteiger partial charge is 0.257 e. The van der Waals surface area contributed by atoms with Gasteiger partial charge in [-0.1, -0.05) is 72.8 Å². The van der Waals surface area contributed by atoms with Crippen molar-refractivity contribution in [2.75, 3.05) is 0 Å². The number of hydrogen-bond donors (Lipinski definition) is 1. The van der Waals surface area contributed by atoms with Gasteiger partial charge in [0.05, 0.1) is 0 Å². The molecule has 3 aromatic rings. The maximum atomic E-state index is 13.3. The van der Waals surface area contributed by atoms with Crippen LogP contribution >= 0.6 is 0 Å². The summed E-state index contributed by atoms with van der Waals surface area (Å²) in [4.78, 5) is 26.5. The van der Waals surface area contributed by atoms with Gasteiger partial charge in [-0.05, 0) is 17.7 Å². The van der Waals surface area contributed by atoms with E-state index in [4.69, 9.17) is 0 Å². The molecule has 0 spiro atoms. The van der Waals surface area contributed by atoms with Crippen molar-refractivity contribution in [1.82, 2.24) is 4.90 Å². The van der Waals surface area contributed by atoms with E-state index in [2.05, 4.69) is 0 Å². The molecular formula is C22H17NO3. The highest BCUT2D eigenvalue weighted by Gasteiger charge is 2.52. The zero-order chi connectivity index (χ0) is 18.1. The number of hydrogen-bond acceptors (Lipinski definition) is 3. The second-order valence-electron chi connectivity index (χ2n) is 6.25. The molecule has 1 N–H and O–H groups in total. The van der Waals surface area contributed by atoms with Crippen LogP contribution in [0.15, 0.2) is 84.9 Å². The fourth-order valence-corrected chi connectivity index (χ4v) is 3.63. The quantitative estimate of drug-likeness (QED) is 0.743. The molecule has 4 heteroatoms. The van der Waals surface area contributed by atoms with Crippen LogP contribution in [0.3, 0.4) is 0 Å². The number of fused-ring (bicyclic) bond motifs is 1. The molecular weight excluding hydrogens is 326 g/mol. The topological polar surface area (TPSA) is 57.6 Å². The number of amides is 1. The normalized spacial score (nSPS) is 21.3. The van der Waals surface area contributed by atoms with Crippen molar-refractivity contribution in [3.8, 4) is 0 Å². The number of rotatable bonds is 3. The van der Waals surface area contributed by atoms with Gasteiger partial charge in [0, 0.05) is 16.7 Å². The molecule has 0 radical (unpaired) electrons. The van der Waals surface area contributed by atoms with E-state index in [-0.39, 0.29) is 0 Å². The minimum absolute atomic E-state index is 0.398. The molecule has 1 amide bonds. The van der Waals surface area contributed by atoms with Crippen LogP contribution in [0.4, 0.5) is 0 Å². The van der Waals surface area contributed by atoms with Crippen LogP contribution in [0.25, 0.3) is 0 Å². The first kappa shape index (κ1) is 16.2. The van der Waals surface area contributed by atoms with Gasteiger partial charge in [-0.15, -0.1) is 0 Å². The third kappa shape index (κ3) is 2.27. The van der Waals surface area contributed by atoms with Gasteiger partial charge in [-0.2, -0.15) is 0 Å². The van der Waals surface area contributed by atoms with Gasteiger partial charge in [-0.25, -0.2) is 0 Å². The van der Waals surface area contributed by atoms with Gasteiger partial charge in [0.1, 0.15) is 12.3 Å². The van der Waals surface area contributed by atoms with Crippen molar-refractivity contribution in [3.63, 3.8) is 0 Å². The molecule has 0 saturated carbocycles. The number of benzene rings is 3. The molecule has 1 heterocycles. The second kappa shape index (κ2) is 6.24. The lowest BCUT2D eigenvalue weighted by atomic mass is 9.93. The fourth-order valence-electron chi connectivity index (χ4n) is 3.63. The standard InChI is InChI=1S/C22H17NO3/c24-15-20-18-13-7-8-14-19(18)22(26,17-11-5-2-6-12-17)23(20)21(25)16-9-3-1-4-10-16/h1-15,20,26H. The first-order chi connectivity index (χ1) is 12.7. The van der Waals surface area contributed by atoms with E-state index >= 15 is 0 Å². The lowest BCUT2D eigenvalue weighted by molar-refractivity contribution is -0.119. The predicted molar refractivity (Wildman–Crippen MR) is 97.3 cm³/mol. The van der Waals surface area contributed by atoms with Crippen LogP contribution in [0, 0.1) is 0 Å². The lowest BCUT2D eigenvalue weighted by Crippen LogP contribution is -2.47. The Morgan fingerprint density at radius 1 is 0.885 bits per heavy atom. The SMILES string of the molecule is O=CC1c2ccccc2C(O)(c2ccccc2)N1C(=O)c1ccccc1. The van der Waals surface area contributed by atoms with Crippen molar-refractivity contribution in [2.45, 2.75) is 11.8 Å². The number of carbonyl (C=O) groups is 2. The summed E-state index contributed by atoms with van der Waals surface area (Å²) in [6, 6.07) is 23.9. The van der Waals surface area contributed by atoms with Crippen molar-refractivity contribution in [3.05, 3.63) is 107 Å². The van der Waals surface area contributed by atoms with E-state index in [9.17, 15) is 14.7 Å². The van der Waals surface area contributed by atoms with Crippen molar-refractivity contribution in [1.29, 1.82) is 0 Å². The van der Waals surface area contributed by atoms with Crippen LogP contribution in [0.5, 0.6) is 0 Å². The van der Waals surface area contributed by atoms with Gasteiger partial charge in [-0.3, -0.25) is 9.69 Å². The summed E-state index contributed by atoms with van der Waals surface area (Å²) in [5.41, 5.74) is 0.435. The Labute approximate surface area is 151 Å². The van der Waals surface area contributed by atoms with Crippen molar-refractivity contribution < 1.29 is 14.7 Å². The summed E-state index contributed by atoms with van der Waals surface area (Å²) in [6.45, 7) is 0. The van der Waals surface area contributed by atoms with E-state index in [1.807, 2.05) is 12.1 Å². The monoisotopic (exact) mass is 343 g/mol. The summed E-state index contributed by atoms with van der Waals surface area (Å²) < 4.78 is 0. The molecule has 0 fully saturated rings. The number of nitrogens with zero attached hydrogens (tertiary/aromatic N) is 1. The zero-order valence-corrected chi connectivity index (χ0v) is 13.9. The number of carbonyl (C=O) groups excluding carboxylic acids is 2. The minimum Gasteiger partial charge on any atom is -0.363 e. The van der Waals surface area contributed by atoms with Crippen molar-refractivity contribution >= 4 is 12.2 Å². The third-order valence-corrected chi connectivity index (χ3v) is 4.83. The summed E-state index contributed by atoms with van der Waals surface area (Å²) in [5, 5.41) is 11.8. The zero-order valence-electron chi connectivity index (χ0n) is 13.9. The highest BCUT2D eigenvalue weighted by molar-refractivity contribution is 5.97. The first-order valence-corrected chi connectivity index (χ1v) is 8.39. The predicted octanol–water partition coefficient (Wildman–Crippen LogP) is 3.28. The molecule has 3 aromatic carbocycles. The molecule has 1 aliphatic rings. The Kier molecular flexibility index (Phi) is 3.90. The first-order valence-electron chi connectivity index (χ1n) is 8.39. The highest BCUT2D eigenvalue weighted by Crippen LogP contribution is 2.48. The van der Waals surface area contributed by atoms with Crippen LogP contribution in [-0.4, -0.2) is 22.2 Å². The van der Waals surface area contributed by atoms with E-state index in [1.165, 1.54) is 4.90 Å². The molecule has 128 valence electrons. The van der Waals surface area contributed by atoms with E-state index in [0.29, 0.717) is 28.5 Å². The molecule has 4 nitrogen and oxygen atoms in total. The summed E-state index contributed by atoms with van der Waals surface area (Å²) >= 11 is 0. The summed E-state index contributed by atoms with van der Waals surface area (Å²) in [6.07, 6.45) is 0.709. The Morgan fingerprint density at radius 3 is 2.12 bits per heavy atom. The maximum absolute atomic E-state index is 13.3. The Balaban J connectivity index is 1.96. The largest absolute Gasteiger partial charge is 0.363 e. The highest BCUT2D eigenvalue weighted by atomic mass is 16.3. The minimum atomic E-state index is -1.71. The molecule has 0 aliphatic carbocycles. The van der Waals surface area contributed by atoms with E-state index in [1.54, 1.807) is 72.8 Å². The van der Waals surface area contributed by atoms with Gasteiger partial charge in [0.25, 0.3) is 5.91 Å². The molecule has 1 aliphatic heterocycles. The Bertz CT molecular complexity index is 955. The molecule has 0 aromatic heterocycles. The van der Waals surface area contributed by atoms with Crippen LogP contribution in [0.2, 0.25) is 0 Å². The van der Waals surface area contributed by atoms with Crippen LogP contribution in [0.1, 0.15) is 33.1 Å². The average Bonchev–Trinajstić information content (AvgIpc) is 2.98. The van der Waals surface area contributed by atoms with Gasteiger partial charge < -0.3 is 9.90 Å². The van der Waals surface area contributed by atoms with Crippen LogP contribution < -0.4 is 0 Å². The lowest BCUT2D eigenvalue weighted by Gasteiger charge is -2.36. The van der Waals surface area contributed by atoms with E-state index < -0.39 is 17.7 Å². The molecule has 4 rings (SSSR count). The van der Waals surface area contributed by atoms with Gasteiger partial charge >= 0.3 is 0 Å². The Morgan fingerprint density at radius 2 is 1.46 bits per heavy atom. The molecule has 0 bridgehead atoms. The second-order valence-corrected chi connectivity index (χ2v) is 6.25. The molecule has 2 unspecified atom stereocenters.